The number of aliphatic imine (C=N–C) groups is 1. The van der Waals surface area contributed by atoms with Crippen LogP contribution >= 0.6 is 11.6 Å². The highest BCUT2D eigenvalue weighted by atomic mass is 35.5. The number of rotatable bonds is 7. The molecule has 0 radical (unpaired) electrons. The molecule has 1 aromatic heterocycles. The lowest BCUT2D eigenvalue weighted by molar-refractivity contribution is 0.457. The van der Waals surface area contributed by atoms with E-state index in [2.05, 4.69) is 36.3 Å². The Bertz CT molecular complexity index is 1190. The van der Waals surface area contributed by atoms with Crippen molar-refractivity contribution in [2.75, 3.05) is 6.54 Å². The van der Waals surface area contributed by atoms with Gasteiger partial charge in [-0.1, -0.05) is 74.0 Å². The molecule has 0 amide bonds. The van der Waals surface area contributed by atoms with E-state index < -0.39 is 0 Å². The third-order valence-corrected chi connectivity index (χ3v) is 5.32. The maximum atomic E-state index is 10.7. The zero-order valence-electron chi connectivity index (χ0n) is 17.7. The summed E-state index contributed by atoms with van der Waals surface area (Å²) in [5.74, 6) is 0.699. The van der Waals surface area contributed by atoms with E-state index in [9.17, 15) is 5.11 Å². The molecule has 3 aromatic carbocycles. The van der Waals surface area contributed by atoms with E-state index in [1.807, 2.05) is 60.7 Å². The number of hydrogen-bond acceptors (Lipinski definition) is 3. The van der Waals surface area contributed by atoms with Crippen LogP contribution in [0.2, 0.25) is 5.02 Å². The molecule has 0 saturated carbocycles. The first kappa shape index (κ1) is 21.2. The smallest absolute Gasteiger partial charge is 0.199 e. The van der Waals surface area contributed by atoms with Crippen molar-refractivity contribution in [3.05, 3.63) is 94.5 Å². The molecule has 4 aromatic rings. The van der Waals surface area contributed by atoms with Gasteiger partial charge in [0.25, 0.3) is 0 Å². The van der Waals surface area contributed by atoms with Gasteiger partial charge in [0.05, 0.1) is 22.5 Å². The van der Waals surface area contributed by atoms with Gasteiger partial charge in [-0.2, -0.15) is 0 Å². The number of benzene rings is 3. The molecule has 0 aliphatic heterocycles. The third-order valence-electron chi connectivity index (χ3n) is 5.08. The summed E-state index contributed by atoms with van der Waals surface area (Å²) in [6.45, 7) is 6.22. The number of aromatic hydroxyl groups is 1. The van der Waals surface area contributed by atoms with E-state index in [0.717, 1.165) is 35.2 Å². The summed E-state index contributed by atoms with van der Waals surface area (Å²) in [6, 6.07) is 23.6. The fourth-order valence-electron chi connectivity index (χ4n) is 3.58. The normalized spacial score (nSPS) is 12.1. The zero-order valence-corrected chi connectivity index (χ0v) is 18.4. The highest BCUT2D eigenvalue weighted by molar-refractivity contribution is 6.31. The maximum absolute atomic E-state index is 10.7. The topological polar surface area (TPSA) is 60.4 Å². The third kappa shape index (κ3) is 4.98. The van der Waals surface area contributed by atoms with Gasteiger partial charge in [0, 0.05) is 22.5 Å². The van der Waals surface area contributed by atoms with Crippen molar-refractivity contribution >= 4 is 33.9 Å². The average Bonchev–Trinajstić information content (AvgIpc) is 3.08. The molecule has 158 valence electrons. The van der Waals surface area contributed by atoms with Crippen LogP contribution in [0.15, 0.2) is 77.8 Å². The van der Waals surface area contributed by atoms with Crippen LogP contribution in [0.25, 0.3) is 10.9 Å². The number of halogens is 1. The number of fused-ring (bicyclic) bond motifs is 1. The zero-order chi connectivity index (χ0) is 21.8. The second kappa shape index (κ2) is 9.38. The number of aromatic nitrogens is 1. The van der Waals surface area contributed by atoms with Gasteiger partial charge in [0.15, 0.2) is 5.88 Å². The number of H-pyrrole nitrogens is 1. The molecule has 1 heterocycles. The highest BCUT2D eigenvalue weighted by Crippen LogP contribution is 2.32. The van der Waals surface area contributed by atoms with Gasteiger partial charge >= 0.3 is 0 Å². The summed E-state index contributed by atoms with van der Waals surface area (Å²) < 4.78 is 0. The summed E-state index contributed by atoms with van der Waals surface area (Å²) >= 11 is 6.14. The molecule has 0 saturated heterocycles. The largest absolute Gasteiger partial charge is 0.494 e. The molecule has 0 bridgehead atoms. The Kier molecular flexibility index (Phi) is 6.40. The van der Waals surface area contributed by atoms with Crippen LogP contribution in [0.3, 0.4) is 0 Å². The van der Waals surface area contributed by atoms with E-state index in [1.54, 1.807) is 0 Å². The van der Waals surface area contributed by atoms with Crippen LogP contribution in [0, 0.1) is 5.92 Å². The van der Waals surface area contributed by atoms with Crippen LogP contribution in [0.4, 0.5) is 5.69 Å². The van der Waals surface area contributed by atoms with Crippen LogP contribution in [-0.4, -0.2) is 22.3 Å². The van der Waals surface area contributed by atoms with E-state index in [4.69, 9.17) is 16.6 Å². The molecular weight excluding hydrogens is 406 g/mol. The first-order chi connectivity index (χ1) is 15.0. The van der Waals surface area contributed by atoms with Crippen molar-refractivity contribution in [2.45, 2.75) is 20.4 Å². The quantitative estimate of drug-likeness (QED) is 0.295. The predicted molar refractivity (Wildman–Crippen MR) is 130 cm³/mol. The van der Waals surface area contributed by atoms with Crippen LogP contribution < -0.4 is 5.32 Å². The van der Waals surface area contributed by atoms with E-state index in [0.29, 0.717) is 22.2 Å². The summed E-state index contributed by atoms with van der Waals surface area (Å²) in [5.41, 5.74) is 5.11. The number of nitrogens with one attached hydrogen (secondary N) is 2. The van der Waals surface area contributed by atoms with Crippen molar-refractivity contribution in [3.63, 3.8) is 0 Å². The summed E-state index contributed by atoms with van der Waals surface area (Å²) in [6.07, 6.45) is 0. The second-order valence-electron chi connectivity index (χ2n) is 8.06. The monoisotopic (exact) mass is 431 g/mol. The molecule has 3 N–H and O–H groups in total. The minimum Gasteiger partial charge on any atom is -0.494 e. The van der Waals surface area contributed by atoms with Gasteiger partial charge in [-0.25, -0.2) is 4.99 Å². The second-order valence-corrected chi connectivity index (χ2v) is 8.49. The summed E-state index contributed by atoms with van der Waals surface area (Å²) in [7, 11) is 0. The Morgan fingerprint density at radius 2 is 1.77 bits per heavy atom. The Hall–Kier alpha value is -3.08. The molecule has 4 rings (SSSR count). The molecule has 4 nitrogen and oxygen atoms in total. The molecular formula is C26H26ClN3O. The Balaban J connectivity index is 1.74. The Labute approximate surface area is 187 Å². The fourth-order valence-corrected chi connectivity index (χ4v) is 3.75. The van der Waals surface area contributed by atoms with Gasteiger partial charge < -0.3 is 15.4 Å². The van der Waals surface area contributed by atoms with Gasteiger partial charge in [-0.3, -0.25) is 0 Å². The number of aromatic amines is 1. The molecule has 31 heavy (non-hydrogen) atoms. The summed E-state index contributed by atoms with van der Waals surface area (Å²) in [5, 5.41) is 15.7. The van der Waals surface area contributed by atoms with Crippen molar-refractivity contribution in [1.82, 2.24) is 10.3 Å². The molecule has 0 atom stereocenters. The number of hydrogen-bond donors (Lipinski definition) is 3. The Morgan fingerprint density at radius 3 is 2.48 bits per heavy atom. The molecule has 0 unspecified atom stereocenters. The van der Waals surface area contributed by atoms with Crippen LogP contribution in [-0.2, 0) is 6.54 Å². The standard InChI is InChI=1S/C26H26ClN3O/c1-17(2)15-28-16-18-8-11-21(12-9-18)29-25(19-6-4-3-5-7-19)24-22-13-10-20(27)14-23(22)30-26(24)31/h3-14,17,28,30-31H,15-16H2,1-2H3. The van der Waals surface area contributed by atoms with Gasteiger partial charge in [-0.15, -0.1) is 0 Å². The first-order valence-electron chi connectivity index (χ1n) is 10.5. The highest BCUT2D eigenvalue weighted by Gasteiger charge is 2.18. The predicted octanol–water partition coefficient (Wildman–Crippen LogP) is 6.44. The van der Waals surface area contributed by atoms with Crippen molar-refractivity contribution in [2.24, 2.45) is 10.9 Å². The number of nitrogens with zero attached hydrogens (tertiary/aromatic N) is 1. The van der Waals surface area contributed by atoms with Crippen molar-refractivity contribution in [3.8, 4) is 5.88 Å². The lowest BCUT2D eigenvalue weighted by atomic mass is 10.0. The van der Waals surface area contributed by atoms with E-state index >= 15 is 0 Å². The maximum Gasteiger partial charge on any atom is 0.199 e. The van der Waals surface area contributed by atoms with Crippen molar-refractivity contribution in [1.29, 1.82) is 0 Å². The minimum absolute atomic E-state index is 0.0781. The molecule has 0 aliphatic rings. The Morgan fingerprint density at radius 1 is 1.03 bits per heavy atom. The van der Waals surface area contributed by atoms with Crippen LogP contribution in [0.1, 0.15) is 30.5 Å². The SMILES string of the molecule is CC(C)CNCc1ccc(N=C(c2ccccc2)c2c(O)[nH]c3cc(Cl)ccc23)cc1. The first-order valence-corrected chi connectivity index (χ1v) is 10.8. The fraction of sp³-hybridized carbons (Fsp3) is 0.192. The lowest BCUT2D eigenvalue weighted by Crippen LogP contribution is -2.18. The molecule has 0 spiro atoms. The van der Waals surface area contributed by atoms with Gasteiger partial charge in [-0.05, 0) is 42.3 Å². The van der Waals surface area contributed by atoms with E-state index in [1.165, 1.54) is 5.56 Å². The summed E-state index contributed by atoms with van der Waals surface area (Å²) in [4.78, 5) is 7.96. The lowest BCUT2D eigenvalue weighted by Gasteiger charge is -2.09. The minimum atomic E-state index is 0.0781. The van der Waals surface area contributed by atoms with Gasteiger partial charge in [0.1, 0.15) is 0 Å². The molecule has 0 fully saturated rings. The van der Waals surface area contributed by atoms with Crippen LogP contribution in [0.5, 0.6) is 5.88 Å². The van der Waals surface area contributed by atoms with E-state index in [-0.39, 0.29) is 5.88 Å². The molecule has 0 aliphatic carbocycles. The average molecular weight is 432 g/mol. The van der Waals surface area contributed by atoms with Crippen molar-refractivity contribution < 1.29 is 5.11 Å². The molecule has 5 heteroatoms. The van der Waals surface area contributed by atoms with Gasteiger partial charge in [0.2, 0.25) is 0 Å².